The molecule has 0 spiro atoms. The Bertz CT molecular complexity index is 657. The largest absolute Gasteiger partial charge is 0.381 e. The van der Waals surface area contributed by atoms with Crippen molar-refractivity contribution in [3.63, 3.8) is 0 Å². The van der Waals surface area contributed by atoms with E-state index in [1.165, 1.54) is 0 Å². The number of rotatable bonds is 3. The number of nitrogens with zero attached hydrogens (tertiary/aromatic N) is 4. The molecule has 2 aliphatic heterocycles. The van der Waals surface area contributed by atoms with Crippen molar-refractivity contribution in [2.75, 3.05) is 33.8 Å². The number of ether oxygens (including phenoxy) is 1. The van der Waals surface area contributed by atoms with Crippen LogP contribution in [0.3, 0.4) is 0 Å². The maximum absolute atomic E-state index is 12.9. The van der Waals surface area contributed by atoms with Crippen LogP contribution in [0, 0.1) is 5.92 Å². The fraction of sp³-hybridized carbons (Fsp3) is 0.750. The van der Waals surface area contributed by atoms with Crippen molar-refractivity contribution in [1.29, 1.82) is 0 Å². The van der Waals surface area contributed by atoms with Gasteiger partial charge in [-0.2, -0.15) is 0 Å². The van der Waals surface area contributed by atoms with E-state index in [1.807, 2.05) is 11.1 Å². The fourth-order valence-electron chi connectivity index (χ4n) is 4.67. The van der Waals surface area contributed by atoms with Gasteiger partial charge in [0.25, 0.3) is 0 Å². The van der Waals surface area contributed by atoms with E-state index < -0.39 is 0 Å². The smallest absolute Gasteiger partial charge is 0.225 e. The van der Waals surface area contributed by atoms with Crippen molar-refractivity contribution in [3.05, 3.63) is 23.3 Å². The standard InChI is InChI=1S/C20H30N4O2/c1-23-9-7-15(12-23)19-21-11-16-13-24(10-8-18(16)22-19)20(25)14-3-5-17(26-2)6-4-14/h11,14-15,17H,3-10,12-13H2,1-2H3/t14?,15-,17?/m0/s1. The molecule has 6 heteroatoms. The van der Waals surface area contributed by atoms with E-state index >= 15 is 0 Å². The average Bonchev–Trinajstić information content (AvgIpc) is 3.13. The summed E-state index contributed by atoms with van der Waals surface area (Å²) in [5, 5.41) is 0. The minimum absolute atomic E-state index is 0.164. The Morgan fingerprint density at radius 2 is 2.00 bits per heavy atom. The van der Waals surface area contributed by atoms with Gasteiger partial charge in [-0.05, 0) is 45.7 Å². The van der Waals surface area contributed by atoms with E-state index in [0.29, 0.717) is 24.5 Å². The number of carbonyl (C=O) groups is 1. The minimum Gasteiger partial charge on any atom is -0.381 e. The van der Waals surface area contributed by atoms with E-state index in [4.69, 9.17) is 9.72 Å². The third-order valence-electron chi connectivity index (χ3n) is 6.38. The summed E-state index contributed by atoms with van der Waals surface area (Å²) in [7, 11) is 3.92. The molecular formula is C20H30N4O2. The van der Waals surface area contributed by atoms with Crippen LogP contribution < -0.4 is 0 Å². The average molecular weight is 358 g/mol. The SMILES string of the molecule is COC1CCC(C(=O)N2CCc3nc([C@H]4CCN(C)C4)ncc3C2)CC1. The highest BCUT2D eigenvalue weighted by atomic mass is 16.5. The summed E-state index contributed by atoms with van der Waals surface area (Å²) in [6.45, 7) is 3.63. The normalized spacial score (nSPS) is 29.6. The Labute approximate surface area is 155 Å². The first-order valence-electron chi connectivity index (χ1n) is 9.99. The van der Waals surface area contributed by atoms with Crippen LogP contribution >= 0.6 is 0 Å². The Balaban J connectivity index is 1.39. The van der Waals surface area contributed by atoms with Gasteiger partial charge in [-0.15, -0.1) is 0 Å². The molecule has 0 unspecified atom stereocenters. The number of likely N-dealkylation sites (tertiary alicyclic amines) is 1. The fourth-order valence-corrected chi connectivity index (χ4v) is 4.67. The van der Waals surface area contributed by atoms with Crippen LogP contribution in [0.1, 0.15) is 55.1 Å². The topological polar surface area (TPSA) is 58.6 Å². The number of likely N-dealkylation sites (N-methyl/N-ethyl adjacent to an activating group) is 1. The Kier molecular flexibility index (Phi) is 5.23. The van der Waals surface area contributed by atoms with Crippen molar-refractivity contribution in [1.82, 2.24) is 19.8 Å². The predicted octanol–water partition coefficient (Wildman–Crippen LogP) is 1.99. The maximum atomic E-state index is 12.9. The lowest BCUT2D eigenvalue weighted by molar-refractivity contribution is -0.138. The monoisotopic (exact) mass is 358 g/mol. The first-order chi connectivity index (χ1) is 12.6. The molecule has 0 bridgehead atoms. The molecule has 0 radical (unpaired) electrons. The Morgan fingerprint density at radius 1 is 1.19 bits per heavy atom. The molecule has 2 fully saturated rings. The van der Waals surface area contributed by atoms with Crippen LogP contribution in [0.5, 0.6) is 0 Å². The van der Waals surface area contributed by atoms with Gasteiger partial charge >= 0.3 is 0 Å². The summed E-state index contributed by atoms with van der Waals surface area (Å²) in [5.41, 5.74) is 2.28. The molecular weight excluding hydrogens is 328 g/mol. The molecule has 1 amide bonds. The third kappa shape index (κ3) is 3.62. The van der Waals surface area contributed by atoms with Crippen LogP contribution in [-0.4, -0.2) is 65.6 Å². The number of hydrogen-bond donors (Lipinski definition) is 0. The zero-order valence-corrected chi connectivity index (χ0v) is 16.0. The second-order valence-corrected chi connectivity index (χ2v) is 8.17. The molecule has 3 aliphatic rings. The molecule has 1 atom stereocenters. The first kappa shape index (κ1) is 17.9. The van der Waals surface area contributed by atoms with Crippen LogP contribution in [0.25, 0.3) is 0 Å². The predicted molar refractivity (Wildman–Crippen MR) is 98.8 cm³/mol. The van der Waals surface area contributed by atoms with Gasteiger partial charge in [0.15, 0.2) is 0 Å². The minimum atomic E-state index is 0.164. The first-order valence-corrected chi connectivity index (χ1v) is 9.99. The van der Waals surface area contributed by atoms with Crippen molar-refractivity contribution in [3.8, 4) is 0 Å². The molecule has 0 N–H and O–H groups in total. The quantitative estimate of drug-likeness (QED) is 0.827. The van der Waals surface area contributed by atoms with Gasteiger partial charge in [0.05, 0.1) is 11.8 Å². The summed E-state index contributed by atoms with van der Waals surface area (Å²) >= 11 is 0. The molecule has 0 aromatic carbocycles. The molecule has 142 valence electrons. The van der Waals surface area contributed by atoms with Gasteiger partial charge in [0.2, 0.25) is 5.91 Å². The van der Waals surface area contributed by atoms with Crippen LogP contribution in [-0.2, 0) is 22.5 Å². The highest BCUT2D eigenvalue weighted by molar-refractivity contribution is 5.79. The van der Waals surface area contributed by atoms with E-state index in [2.05, 4.69) is 16.9 Å². The van der Waals surface area contributed by atoms with Crippen LogP contribution in [0.15, 0.2) is 6.20 Å². The number of fused-ring (bicyclic) bond motifs is 1. The van der Waals surface area contributed by atoms with Gasteiger partial charge in [-0.3, -0.25) is 4.79 Å². The number of amides is 1. The van der Waals surface area contributed by atoms with E-state index in [-0.39, 0.29) is 5.92 Å². The van der Waals surface area contributed by atoms with Crippen LogP contribution in [0.2, 0.25) is 0 Å². The molecule has 3 heterocycles. The molecule has 1 aromatic rings. The Morgan fingerprint density at radius 3 is 2.69 bits per heavy atom. The lowest BCUT2D eigenvalue weighted by Gasteiger charge is -2.34. The summed E-state index contributed by atoms with van der Waals surface area (Å²) in [6.07, 6.45) is 8.20. The molecule has 4 rings (SSSR count). The van der Waals surface area contributed by atoms with Gasteiger partial charge in [-0.1, -0.05) is 0 Å². The summed E-state index contributed by atoms with van der Waals surface area (Å²) in [4.78, 5) is 26.8. The molecule has 1 aliphatic carbocycles. The third-order valence-corrected chi connectivity index (χ3v) is 6.38. The maximum Gasteiger partial charge on any atom is 0.225 e. The summed E-state index contributed by atoms with van der Waals surface area (Å²) in [5.74, 6) is 1.93. The zero-order valence-electron chi connectivity index (χ0n) is 16.0. The van der Waals surface area contributed by atoms with Crippen LogP contribution in [0.4, 0.5) is 0 Å². The molecule has 1 aromatic heterocycles. The molecule has 6 nitrogen and oxygen atoms in total. The van der Waals surface area contributed by atoms with Crippen molar-refractivity contribution in [2.45, 2.75) is 57.1 Å². The number of carbonyl (C=O) groups excluding carboxylic acids is 1. The highest BCUT2D eigenvalue weighted by Gasteiger charge is 2.32. The molecule has 1 saturated heterocycles. The molecule has 26 heavy (non-hydrogen) atoms. The van der Waals surface area contributed by atoms with Gasteiger partial charge < -0.3 is 14.5 Å². The number of hydrogen-bond acceptors (Lipinski definition) is 5. The van der Waals surface area contributed by atoms with E-state index in [0.717, 1.165) is 75.2 Å². The van der Waals surface area contributed by atoms with Crippen molar-refractivity contribution >= 4 is 5.91 Å². The highest BCUT2D eigenvalue weighted by Crippen LogP contribution is 2.30. The number of methoxy groups -OCH3 is 1. The van der Waals surface area contributed by atoms with E-state index in [9.17, 15) is 4.79 Å². The van der Waals surface area contributed by atoms with Gasteiger partial charge in [0, 0.05) is 56.8 Å². The Hall–Kier alpha value is -1.53. The summed E-state index contributed by atoms with van der Waals surface area (Å²) in [6, 6.07) is 0. The lowest BCUT2D eigenvalue weighted by atomic mass is 9.86. The number of aromatic nitrogens is 2. The van der Waals surface area contributed by atoms with Crippen molar-refractivity contribution < 1.29 is 9.53 Å². The zero-order chi connectivity index (χ0) is 18.1. The van der Waals surface area contributed by atoms with Crippen molar-refractivity contribution in [2.24, 2.45) is 5.92 Å². The summed E-state index contributed by atoms with van der Waals surface area (Å²) < 4.78 is 5.43. The second kappa shape index (κ2) is 7.61. The van der Waals surface area contributed by atoms with Gasteiger partial charge in [-0.25, -0.2) is 9.97 Å². The lowest BCUT2D eigenvalue weighted by Crippen LogP contribution is -2.41. The van der Waals surface area contributed by atoms with E-state index in [1.54, 1.807) is 7.11 Å². The second-order valence-electron chi connectivity index (χ2n) is 8.17. The van der Waals surface area contributed by atoms with Gasteiger partial charge in [0.1, 0.15) is 5.82 Å². The molecule has 1 saturated carbocycles.